The first-order valence-electron chi connectivity index (χ1n) is 5.43. The molecule has 0 N–H and O–H groups in total. The molecule has 0 heteroatoms. The number of hydrogen-bond acceptors (Lipinski definition) is 0. The predicted molar refractivity (Wildman–Crippen MR) is 59.8 cm³/mol. The normalized spacial score (nSPS) is 20.9. The molecular weight excluding hydrogens is 156 g/mol. The van der Waals surface area contributed by atoms with Gasteiger partial charge in [-0.15, -0.1) is 6.58 Å². The summed E-state index contributed by atoms with van der Waals surface area (Å²) in [5, 5.41) is 0. The summed E-state index contributed by atoms with van der Waals surface area (Å²) in [4.78, 5) is 0. The maximum atomic E-state index is 3.75. The van der Waals surface area contributed by atoms with E-state index in [1.807, 2.05) is 6.08 Å². The fraction of sp³-hybridized carbons (Fsp3) is 0.692. The molecule has 0 radical (unpaired) electrons. The number of rotatable bonds is 4. The summed E-state index contributed by atoms with van der Waals surface area (Å²) in [6, 6.07) is 0. The van der Waals surface area contributed by atoms with Gasteiger partial charge in [0.15, 0.2) is 0 Å². The van der Waals surface area contributed by atoms with Crippen molar-refractivity contribution in [2.45, 2.75) is 52.4 Å². The van der Waals surface area contributed by atoms with E-state index < -0.39 is 0 Å². The highest BCUT2D eigenvalue weighted by molar-refractivity contribution is 5.09. The van der Waals surface area contributed by atoms with Crippen LogP contribution in [0.25, 0.3) is 0 Å². The van der Waals surface area contributed by atoms with Crippen LogP contribution < -0.4 is 0 Å². The monoisotopic (exact) mass is 178 g/mol. The third-order valence-corrected chi connectivity index (χ3v) is 2.87. The number of unbranched alkanes of at least 4 members (excludes halogenated alkanes) is 1. The van der Waals surface area contributed by atoms with Gasteiger partial charge >= 0.3 is 0 Å². The summed E-state index contributed by atoms with van der Waals surface area (Å²) in [6.07, 6.45) is 12.2. The van der Waals surface area contributed by atoms with Crippen molar-refractivity contribution >= 4 is 0 Å². The first kappa shape index (κ1) is 10.6. The van der Waals surface area contributed by atoms with Gasteiger partial charge in [-0.2, -0.15) is 0 Å². The van der Waals surface area contributed by atoms with Crippen molar-refractivity contribution in [1.82, 2.24) is 0 Å². The van der Waals surface area contributed by atoms with E-state index in [1.165, 1.54) is 32.1 Å². The van der Waals surface area contributed by atoms with Crippen LogP contribution in [0.2, 0.25) is 0 Å². The lowest BCUT2D eigenvalue weighted by atomic mass is 9.76. The largest absolute Gasteiger partial charge is 0.103 e. The van der Waals surface area contributed by atoms with Crippen molar-refractivity contribution in [2.75, 3.05) is 0 Å². The molecule has 74 valence electrons. The van der Waals surface area contributed by atoms with Crippen LogP contribution in [0.15, 0.2) is 24.3 Å². The smallest absolute Gasteiger partial charge is 0.0269 e. The standard InChI is InChI=1S/C13H22/c1-4-5-6-8-12-9-7-10-13(2,3)11-12/h4,9H,1,5-8,10-11H2,2-3H3. The summed E-state index contributed by atoms with van der Waals surface area (Å²) < 4.78 is 0. The summed E-state index contributed by atoms with van der Waals surface area (Å²) in [5.74, 6) is 0. The van der Waals surface area contributed by atoms with Crippen molar-refractivity contribution in [1.29, 1.82) is 0 Å². The van der Waals surface area contributed by atoms with Gasteiger partial charge in [-0.25, -0.2) is 0 Å². The Morgan fingerprint density at radius 2 is 2.31 bits per heavy atom. The second kappa shape index (κ2) is 4.64. The molecule has 13 heavy (non-hydrogen) atoms. The van der Waals surface area contributed by atoms with Crippen LogP contribution in [0.3, 0.4) is 0 Å². The molecule has 0 amide bonds. The quantitative estimate of drug-likeness (QED) is 0.440. The molecule has 0 aromatic heterocycles. The van der Waals surface area contributed by atoms with Crippen LogP contribution in [0, 0.1) is 5.41 Å². The van der Waals surface area contributed by atoms with Crippen molar-refractivity contribution in [2.24, 2.45) is 5.41 Å². The zero-order valence-corrected chi connectivity index (χ0v) is 9.10. The van der Waals surface area contributed by atoms with E-state index in [-0.39, 0.29) is 0 Å². The minimum atomic E-state index is 0.554. The maximum absolute atomic E-state index is 3.75. The average molecular weight is 178 g/mol. The van der Waals surface area contributed by atoms with Gasteiger partial charge in [-0.05, 0) is 43.9 Å². The number of hydrogen-bond donors (Lipinski definition) is 0. The maximum Gasteiger partial charge on any atom is -0.0269 e. The predicted octanol–water partition coefficient (Wildman–Crippen LogP) is 4.48. The van der Waals surface area contributed by atoms with Crippen molar-refractivity contribution in [3.05, 3.63) is 24.3 Å². The highest BCUT2D eigenvalue weighted by Crippen LogP contribution is 2.36. The molecule has 0 heterocycles. The third kappa shape index (κ3) is 3.80. The average Bonchev–Trinajstić information content (AvgIpc) is 2.03. The zero-order valence-electron chi connectivity index (χ0n) is 9.10. The minimum Gasteiger partial charge on any atom is -0.103 e. The second-order valence-corrected chi connectivity index (χ2v) is 4.92. The van der Waals surface area contributed by atoms with Crippen LogP contribution in [0.5, 0.6) is 0 Å². The molecule has 0 aromatic rings. The lowest BCUT2D eigenvalue weighted by Gasteiger charge is -2.29. The molecule has 0 unspecified atom stereocenters. The first-order valence-corrected chi connectivity index (χ1v) is 5.43. The molecule has 1 rings (SSSR count). The van der Waals surface area contributed by atoms with E-state index in [9.17, 15) is 0 Å². The van der Waals surface area contributed by atoms with Crippen LogP contribution in [-0.2, 0) is 0 Å². The lowest BCUT2D eigenvalue weighted by molar-refractivity contribution is 0.315. The van der Waals surface area contributed by atoms with Crippen molar-refractivity contribution in [3.63, 3.8) is 0 Å². The molecule has 1 aliphatic rings. The van der Waals surface area contributed by atoms with E-state index >= 15 is 0 Å². The fourth-order valence-electron chi connectivity index (χ4n) is 2.11. The highest BCUT2D eigenvalue weighted by Gasteiger charge is 2.21. The van der Waals surface area contributed by atoms with Crippen LogP contribution in [0.1, 0.15) is 52.4 Å². The van der Waals surface area contributed by atoms with Gasteiger partial charge in [0.1, 0.15) is 0 Å². The van der Waals surface area contributed by atoms with E-state index in [4.69, 9.17) is 0 Å². The first-order chi connectivity index (χ1) is 6.14. The van der Waals surface area contributed by atoms with E-state index in [2.05, 4.69) is 26.5 Å². The minimum absolute atomic E-state index is 0.554. The van der Waals surface area contributed by atoms with Crippen LogP contribution in [-0.4, -0.2) is 0 Å². The molecule has 0 atom stereocenters. The van der Waals surface area contributed by atoms with Gasteiger partial charge in [0.25, 0.3) is 0 Å². The summed E-state index contributed by atoms with van der Waals surface area (Å²) >= 11 is 0. The SMILES string of the molecule is C=CCCCC1=CCCC(C)(C)C1. The van der Waals surface area contributed by atoms with Crippen LogP contribution in [0.4, 0.5) is 0 Å². The molecule has 0 saturated heterocycles. The van der Waals surface area contributed by atoms with E-state index in [1.54, 1.807) is 5.57 Å². The van der Waals surface area contributed by atoms with E-state index in [0.717, 1.165) is 6.42 Å². The Hall–Kier alpha value is -0.520. The summed E-state index contributed by atoms with van der Waals surface area (Å²) in [5.41, 5.74) is 2.23. The van der Waals surface area contributed by atoms with E-state index in [0.29, 0.717) is 5.41 Å². The van der Waals surface area contributed by atoms with Crippen LogP contribution >= 0.6 is 0 Å². The fourth-order valence-corrected chi connectivity index (χ4v) is 2.11. The Balaban J connectivity index is 2.33. The lowest BCUT2D eigenvalue weighted by Crippen LogP contribution is -2.15. The molecule has 0 spiro atoms. The molecule has 0 saturated carbocycles. The molecule has 1 aliphatic carbocycles. The van der Waals surface area contributed by atoms with Gasteiger partial charge in [0.05, 0.1) is 0 Å². The van der Waals surface area contributed by atoms with Gasteiger partial charge < -0.3 is 0 Å². The summed E-state index contributed by atoms with van der Waals surface area (Å²) in [6.45, 7) is 8.52. The van der Waals surface area contributed by atoms with Gasteiger partial charge in [0, 0.05) is 0 Å². The molecule has 0 nitrogen and oxygen atoms in total. The topological polar surface area (TPSA) is 0 Å². The molecule has 0 fully saturated rings. The van der Waals surface area contributed by atoms with Gasteiger partial charge in [0.2, 0.25) is 0 Å². The molecular formula is C13H22. The Morgan fingerprint density at radius 3 is 2.92 bits per heavy atom. The molecule has 0 aliphatic heterocycles. The third-order valence-electron chi connectivity index (χ3n) is 2.87. The molecule has 0 bridgehead atoms. The molecule has 0 aromatic carbocycles. The Bertz CT molecular complexity index is 196. The zero-order chi connectivity index (χ0) is 9.73. The highest BCUT2D eigenvalue weighted by atomic mass is 14.3. The van der Waals surface area contributed by atoms with Gasteiger partial charge in [-0.1, -0.05) is 31.6 Å². The Labute approximate surface area is 82.7 Å². The Morgan fingerprint density at radius 1 is 1.54 bits per heavy atom. The van der Waals surface area contributed by atoms with Crippen molar-refractivity contribution < 1.29 is 0 Å². The summed E-state index contributed by atoms with van der Waals surface area (Å²) in [7, 11) is 0. The number of allylic oxidation sites excluding steroid dienone is 3. The van der Waals surface area contributed by atoms with Crippen molar-refractivity contribution in [3.8, 4) is 0 Å². The second-order valence-electron chi connectivity index (χ2n) is 4.92. The Kier molecular flexibility index (Phi) is 3.77. The van der Waals surface area contributed by atoms with Gasteiger partial charge in [-0.3, -0.25) is 0 Å².